The van der Waals surface area contributed by atoms with E-state index in [-0.39, 0.29) is 17.5 Å². The molecule has 1 aromatic carbocycles. The highest BCUT2D eigenvalue weighted by atomic mass is 32.1. The minimum absolute atomic E-state index is 0.00187. The Labute approximate surface area is 225 Å². The fourth-order valence-corrected chi connectivity index (χ4v) is 5.73. The minimum Gasteiger partial charge on any atom is -0.445 e. The maximum absolute atomic E-state index is 13.4. The smallest absolute Gasteiger partial charge is 0.278 e. The first-order chi connectivity index (χ1) is 18.9. The lowest BCUT2D eigenvalue weighted by Gasteiger charge is -2.15. The van der Waals surface area contributed by atoms with Crippen LogP contribution in [0.2, 0.25) is 0 Å². The number of fused-ring (bicyclic) bond motifs is 2. The van der Waals surface area contributed by atoms with Crippen molar-refractivity contribution in [1.82, 2.24) is 24.8 Å². The van der Waals surface area contributed by atoms with Crippen LogP contribution in [0.3, 0.4) is 0 Å². The number of aromatic nitrogens is 4. The Morgan fingerprint density at radius 2 is 1.97 bits per heavy atom. The molecular formula is C27H23N7O4S. The van der Waals surface area contributed by atoms with E-state index in [1.807, 2.05) is 13.0 Å². The molecule has 6 rings (SSSR count). The van der Waals surface area contributed by atoms with Gasteiger partial charge in [0.05, 0.1) is 18.9 Å². The molecule has 2 atom stereocenters. The van der Waals surface area contributed by atoms with Gasteiger partial charge >= 0.3 is 0 Å². The summed E-state index contributed by atoms with van der Waals surface area (Å²) in [4.78, 5) is 53.0. The van der Waals surface area contributed by atoms with E-state index in [0.717, 1.165) is 20.5 Å². The van der Waals surface area contributed by atoms with Gasteiger partial charge < -0.3 is 20.8 Å². The molecule has 0 radical (unpaired) electrons. The Hall–Kier alpha value is -4.84. The van der Waals surface area contributed by atoms with E-state index in [9.17, 15) is 14.4 Å². The lowest BCUT2D eigenvalue weighted by atomic mass is 10.1. The van der Waals surface area contributed by atoms with Gasteiger partial charge in [-0.15, -0.1) is 11.3 Å². The van der Waals surface area contributed by atoms with E-state index in [1.54, 1.807) is 36.5 Å². The Morgan fingerprint density at radius 3 is 2.74 bits per heavy atom. The van der Waals surface area contributed by atoms with Crippen molar-refractivity contribution in [2.45, 2.75) is 31.8 Å². The zero-order valence-electron chi connectivity index (χ0n) is 20.7. The minimum atomic E-state index is -0.737. The number of nitrogens with zero attached hydrogens (tertiary/aromatic N) is 4. The normalized spacial score (nSPS) is 16.2. The third kappa shape index (κ3) is 4.66. The van der Waals surface area contributed by atoms with E-state index >= 15 is 0 Å². The second-order valence-corrected chi connectivity index (χ2v) is 10.5. The Bertz CT molecular complexity index is 1760. The predicted molar refractivity (Wildman–Crippen MR) is 146 cm³/mol. The highest BCUT2D eigenvalue weighted by molar-refractivity contribution is 7.19. The van der Waals surface area contributed by atoms with Gasteiger partial charge in [-0.1, -0.05) is 6.92 Å². The molecule has 0 unspecified atom stereocenters. The first kappa shape index (κ1) is 24.5. The molecule has 39 heavy (non-hydrogen) atoms. The molecule has 0 saturated carbocycles. The second-order valence-electron chi connectivity index (χ2n) is 9.30. The van der Waals surface area contributed by atoms with Crippen LogP contribution < -0.4 is 21.9 Å². The number of amides is 2. The molecular weight excluding hydrogens is 518 g/mol. The largest absolute Gasteiger partial charge is 0.445 e. The first-order valence-electron chi connectivity index (χ1n) is 12.2. The van der Waals surface area contributed by atoms with Gasteiger partial charge in [-0.3, -0.25) is 19.0 Å². The van der Waals surface area contributed by atoms with Gasteiger partial charge in [-0.25, -0.2) is 15.0 Å². The number of oxazole rings is 1. The summed E-state index contributed by atoms with van der Waals surface area (Å²) in [6, 6.07) is 9.66. The SMILES string of the molecule is C[C@@H]1C[C@@H](C(=O)NCc2cc3cnc(N)cc3s2)n2c1ncc(NC(=O)c1ccc(-c3ncco3)cc1)c2=O. The molecule has 0 bridgehead atoms. The topological polar surface area (TPSA) is 158 Å². The lowest BCUT2D eigenvalue weighted by Crippen LogP contribution is -2.36. The fourth-order valence-electron chi connectivity index (χ4n) is 4.71. The van der Waals surface area contributed by atoms with E-state index in [1.165, 1.54) is 34.6 Å². The van der Waals surface area contributed by atoms with E-state index in [4.69, 9.17) is 10.2 Å². The number of carbonyl (C=O) groups is 2. The first-order valence-corrected chi connectivity index (χ1v) is 13.0. The fraction of sp³-hybridized carbons (Fsp3) is 0.185. The van der Waals surface area contributed by atoms with Crippen LogP contribution in [0, 0.1) is 0 Å². The van der Waals surface area contributed by atoms with Crippen LogP contribution in [0.15, 0.2) is 70.5 Å². The average molecular weight is 542 g/mol. The second kappa shape index (κ2) is 9.80. The van der Waals surface area contributed by atoms with Gasteiger partial charge in [0.1, 0.15) is 29.6 Å². The predicted octanol–water partition coefficient (Wildman–Crippen LogP) is 3.71. The number of hydrogen-bond donors (Lipinski definition) is 3. The zero-order valence-corrected chi connectivity index (χ0v) is 21.6. The maximum atomic E-state index is 13.4. The third-order valence-electron chi connectivity index (χ3n) is 6.64. The van der Waals surface area contributed by atoms with Crippen LogP contribution in [0.25, 0.3) is 21.5 Å². The number of nitrogens with two attached hydrogens (primary N) is 1. The summed E-state index contributed by atoms with van der Waals surface area (Å²) >= 11 is 1.52. The van der Waals surface area contributed by atoms with Gasteiger partial charge in [0.25, 0.3) is 11.5 Å². The molecule has 0 fully saturated rings. The van der Waals surface area contributed by atoms with Crippen LogP contribution in [-0.4, -0.2) is 31.3 Å². The molecule has 12 heteroatoms. The van der Waals surface area contributed by atoms with Crippen molar-refractivity contribution in [2.24, 2.45) is 0 Å². The van der Waals surface area contributed by atoms with Gasteiger partial charge in [0, 0.05) is 38.2 Å². The quantitative estimate of drug-likeness (QED) is 0.293. The lowest BCUT2D eigenvalue weighted by molar-refractivity contribution is -0.124. The van der Waals surface area contributed by atoms with Crippen molar-refractivity contribution in [2.75, 3.05) is 11.1 Å². The zero-order chi connectivity index (χ0) is 27.1. The molecule has 4 aromatic heterocycles. The van der Waals surface area contributed by atoms with Gasteiger partial charge in [0.15, 0.2) is 0 Å². The molecule has 4 N–H and O–H groups in total. The third-order valence-corrected chi connectivity index (χ3v) is 7.74. The maximum Gasteiger partial charge on any atom is 0.278 e. The molecule has 1 aliphatic heterocycles. The number of nitrogen functional groups attached to an aromatic ring is 1. The Morgan fingerprint density at radius 1 is 1.15 bits per heavy atom. The van der Waals surface area contributed by atoms with Crippen molar-refractivity contribution in [3.8, 4) is 11.5 Å². The van der Waals surface area contributed by atoms with Crippen LogP contribution in [-0.2, 0) is 11.3 Å². The number of pyridine rings is 1. The summed E-state index contributed by atoms with van der Waals surface area (Å²) in [5.74, 6) is 0.534. The molecule has 1 aliphatic rings. The van der Waals surface area contributed by atoms with Crippen LogP contribution in [0.4, 0.5) is 11.5 Å². The van der Waals surface area contributed by atoms with Crippen LogP contribution in [0.5, 0.6) is 0 Å². The van der Waals surface area contributed by atoms with Crippen molar-refractivity contribution in [1.29, 1.82) is 0 Å². The molecule has 5 aromatic rings. The van der Waals surface area contributed by atoms with Gasteiger partial charge in [-0.05, 0) is 42.8 Å². The van der Waals surface area contributed by atoms with Crippen molar-refractivity contribution in [3.63, 3.8) is 0 Å². The molecule has 11 nitrogen and oxygen atoms in total. The molecule has 0 spiro atoms. The Balaban J connectivity index is 1.18. The van der Waals surface area contributed by atoms with E-state index in [2.05, 4.69) is 25.6 Å². The van der Waals surface area contributed by atoms with Gasteiger partial charge in [-0.2, -0.15) is 0 Å². The van der Waals surface area contributed by atoms with E-state index < -0.39 is 17.5 Å². The van der Waals surface area contributed by atoms with E-state index in [0.29, 0.717) is 36.1 Å². The molecule has 196 valence electrons. The summed E-state index contributed by atoms with van der Waals surface area (Å²) in [6.45, 7) is 2.23. The van der Waals surface area contributed by atoms with Crippen molar-refractivity contribution in [3.05, 3.63) is 87.9 Å². The summed E-state index contributed by atoms with van der Waals surface area (Å²) < 4.78 is 7.64. The summed E-state index contributed by atoms with van der Waals surface area (Å²) in [5, 5.41) is 6.53. The molecule has 2 amide bonds. The molecule has 5 heterocycles. The highest BCUT2D eigenvalue weighted by Gasteiger charge is 2.35. The number of nitrogens with one attached hydrogen (secondary N) is 2. The number of rotatable bonds is 6. The number of carbonyl (C=O) groups excluding carboxylic acids is 2. The van der Waals surface area contributed by atoms with Crippen LogP contribution in [0.1, 0.15) is 46.4 Å². The number of anilines is 2. The number of hydrogen-bond acceptors (Lipinski definition) is 9. The average Bonchev–Trinajstić information content (AvgIpc) is 3.68. The number of benzene rings is 1. The summed E-state index contributed by atoms with van der Waals surface area (Å²) in [6.07, 6.45) is 6.49. The summed E-state index contributed by atoms with van der Waals surface area (Å²) in [7, 11) is 0. The highest BCUT2D eigenvalue weighted by Crippen LogP contribution is 2.34. The molecule has 0 aliphatic carbocycles. The van der Waals surface area contributed by atoms with Crippen molar-refractivity contribution >= 4 is 44.7 Å². The Kier molecular flexibility index (Phi) is 6.15. The van der Waals surface area contributed by atoms with Crippen molar-refractivity contribution < 1.29 is 14.0 Å². The standard InChI is InChI=1S/C27H23N7O4S/c1-14-8-20(25(36)32-12-18-9-17-11-30-22(28)10-21(17)39-18)34-23(14)31-13-19(27(34)37)33-24(35)15-2-4-16(5-3-15)26-29-6-7-38-26/h2-7,9-11,13-14,20H,8,12H2,1H3,(H2,28,30)(H,32,36)(H,33,35)/t14-,20+/m1/s1. The monoisotopic (exact) mass is 541 g/mol. The van der Waals surface area contributed by atoms with Gasteiger partial charge in [0.2, 0.25) is 11.8 Å². The number of thiophene rings is 1. The van der Waals surface area contributed by atoms with Crippen LogP contribution >= 0.6 is 11.3 Å². The molecule has 0 saturated heterocycles. The summed E-state index contributed by atoms with van der Waals surface area (Å²) in [5.41, 5.74) is 6.36.